The third-order valence-corrected chi connectivity index (χ3v) is 2.91. The van der Waals surface area contributed by atoms with E-state index < -0.39 is 0 Å². The number of aromatic nitrogens is 2. The molecule has 3 N–H and O–H groups in total. The maximum absolute atomic E-state index is 11.1. The van der Waals surface area contributed by atoms with E-state index in [0.29, 0.717) is 24.6 Å². The number of hydrogen-bond acceptors (Lipinski definition) is 5. The molecule has 0 spiro atoms. The van der Waals surface area contributed by atoms with Gasteiger partial charge in [0.2, 0.25) is 6.41 Å². The van der Waals surface area contributed by atoms with Gasteiger partial charge in [-0.3, -0.25) is 4.79 Å². The van der Waals surface area contributed by atoms with Gasteiger partial charge >= 0.3 is 0 Å². The van der Waals surface area contributed by atoms with E-state index in [4.69, 9.17) is 5.73 Å². The molecule has 0 atom stereocenters. The summed E-state index contributed by atoms with van der Waals surface area (Å²) in [6, 6.07) is 9.91. The first-order valence-corrected chi connectivity index (χ1v) is 6.36. The van der Waals surface area contributed by atoms with Gasteiger partial charge in [-0.2, -0.15) is 0 Å². The van der Waals surface area contributed by atoms with Gasteiger partial charge in [-0.1, -0.05) is 30.3 Å². The lowest BCUT2D eigenvalue weighted by atomic mass is 10.2. The fraction of sp³-hybridized carbons (Fsp3) is 0.214. The van der Waals surface area contributed by atoms with Gasteiger partial charge in [-0.15, -0.1) is 0 Å². The van der Waals surface area contributed by atoms with Crippen molar-refractivity contribution in [1.29, 1.82) is 0 Å². The fourth-order valence-corrected chi connectivity index (χ4v) is 1.87. The molecule has 1 amide bonds. The Hall–Kier alpha value is -2.63. The highest BCUT2D eigenvalue weighted by Gasteiger charge is 2.15. The highest BCUT2D eigenvalue weighted by Crippen LogP contribution is 2.27. The molecule has 0 radical (unpaired) electrons. The van der Waals surface area contributed by atoms with Crippen molar-refractivity contribution in [3.8, 4) is 0 Å². The number of carbonyl (C=O) groups is 1. The quantitative estimate of drug-likeness (QED) is 0.780. The van der Waals surface area contributed by atoms with E-state index >= 15 is 0 Å². The van der Waals surface area contributed by atoms with Crippen molar-refractivity contribution in [3.05, 3.63) is 42.2 Å². The first-order valence-electron chi connectivity index (χ1n) is 6.36. The Kier molecular flexibility index (Phi) is 4.49. The van der Waals surface area contributed by atoms with E-state index in [1.54, 1.807) is 0 Å². The van der Waals surface area contributed by atoms with E-state index in [2.05, 4.69) is 15.3 Å². The molecular weight excluding hydrogens is 254 g/mol. The molecule has 0 aliphatic carbocycles. The molecule has 0 unspecified atom stereocenters. The molecule has 2 aromatic rings. The lowest BCUT2D eigenvalue weighted by Gasteiger charge is -2.20. The molecular formula is C14H17N5O. The number of benzene rings is 1. The zero-order valence-corrected chi connectivity index (χ0v) is 11.3. The second-order valence-corrected chi connectivity index (χ2v) is 4.19. The van der Waals surface area contributed by atoms with Crippen LogP contribution in [0.5, 0.6) is 0 Å². The highest BCUT2D eigenvalue weighted by atomic mass is 16.1. The summed E-state index contributed by atoms with van der Waals surface area (Å²) in [5.41, 5.74) is 7.48. The Morgan fingerprint density at radius 1 is 1.30 bits per heavy atom. The van der Waals surface area contributed by atoms with Crippen molar-refractivity contribution in [3.63, 3.8) is 0 Å². The summed E-state index contributed by atoms with van der Waals surface area (Å²) in [5, 5.41) is 3.19. The summed E-state index contributed by atoms with van der Waals surface area (Å²) < 4.78 is 0. The van der Waals surface area contributed by atoms with Crippen molar-refractivity contribution in [1.82, 2.24) is 9.97 Å². The minimum Gasteiger partial charge on any atom is -0.382 e. The molecule has 1 heterocycles. The summed E-state index contributed by atoms with van der Waals surface area (Å²) in [6.45, 7) is 2.96. The maximum atomic E-state index is 11.1. The molecule has 6 nitrogen and oxygen atoms in total. The molecule has 0 saturated carbocycles. The Morgan fingerprint density at radius 3 is 2.70 bits per heavy atom. The molecule has 0 saturated heterocycles. The van der Waals surface area contributed by atoms with E-state index in [9.17, 15) is 4.79 Å². The Balaban J connectivity index is 2.23. The van der Waals surface area contributed by atoms with Crippen LogP contribution >= 0.6 is 0 Å². The monoisotopic (exact) mass is 271 g/mol. The Bertz CT molecular complexity index is 573. The zero-order valence-electron chi connectivity index (χ0n) is 11.3. The molecule has 104 valence electrons. The van der Waals surface area contributed by atoms with Crippen molar-refractivity contribution in [2.75, 3.05) is 22.5 Å². The summed E-state index contributed by atoms with van der Waals surface area (Å²) in [5.74, 6) is 0.833. The topological polar surface area (TPSA) is 84.1 Å². The van der Waals surface area contributed by atoms with Crippen LogP contribution in [-0.4, -0.2) is 22.9 Å². The van der Waals surface area contributed by atoms with Crippen molar-refractivity contribution in [2.24, 2.45) is 0 Å². The van der Waals surface area contributed by atoms with Gasteiger partial charge in [0, 0.05) is 13.1 Å². The fourth-order valence-electron chi connectivity index (χ4n) is 1.87. The number of anilines is 3. The molecule has 0 fully saturated rings. The molecule has 6 heteroatoms. The number of nitrogen functional groups attached to an aromatic ring is 1. The van der Waals surface area contributed by atoms with Crippen LogP contribution in [0.25, 0.3) is 0 Å². The van der Waals surface area contributed by atoms with Crippen LogP contribution in [0, 0.1) is 0 Å². The van der Waals surface area contributed by atoms with Crippen LogP contribution < -0.4 is 16.0 Å². The van der Waals surface area contributed by atoms with Gasteiger partial charge < -0.3 is 16.0 Å². The number of nitrogens with zero attached hydrogens (tertiary/aromatic N) is 3. The number of amides is 1. The molecule has 2 rings (SSSR count). The molecule has 1 aromatic carbocycles. The molecule has 1 aromatic heterocycles. The van der Waals surface area contributed by atoms with Crippen molar-refractivity contribution in [2.45, 2.75) is 13.5 Å². The average Bonchev–Trinajstić information content (AvgIpc) is 2.49. The highest BCUT2D eigenvalue weighted by molar-refractivity contribution is 5.87. The van der Waals surface area contributed by atoms with Crippen molar-refractivity contribution < 1.29 is 4.79 Å². The number of hydrogen-bond donors (Lipinski definition) is 2. The predicted octanol–water partition coefficient (Wildman–Crippen LogP) is 1.65. The smallest absolute Gasteiger partial charge is 0.214 e. The lowest BCUT2D eigenvalue weighted by molar-refractivity contribution is -0.107. The van der Waals surface area contributed by atoms with Gasteiger partial charge in [-0.25, -0.2) is 9.97 Å². The first kappa shape index (κ1) is 13.8. The van der Waals surface area contributed by atoms with Crippen molar-refractivity contribution >= 4 is 23.7 Å². The SMILES string of the molecule is CCN(C=O)c1c(N)ncnc1NCc1ccccc1. The van der Waals surface area contributed by atoms with Gasteiger partial charge in [0.25, 0.3) is 0 Å². The standard InChI is InChI=1S/C14H17N5O/c1-2-19(10-20)12-13(15)17-9-18-14(12)16-8-11-6-4-3-5-7-11/h3-7,9-10H,2,8H2,1H3,(H3,15,16,17,18). The lowest BCUT2D eigenvalue weighted by Crippen LogP contribution is -2.24. The number of nitrogens with one attached hydrogen (secondary N) is 1. The molecule has 0 aliphatic heterocycles. The Labute approximate surface area is 117 Å². The second kappa shape index (κ2) is 6.51. The molecule has 0 bridgehead atoms. The predicted molar refractivity (Wildman–Crippen MR) is 79.3 cm³/mol. The van der Waals surface area contributed by atoms with Crippen LogP contribution in [-0.2, 0) is 11.3 Å². The van der Waals surface area contributed by atoms with Gasteiger partial charge in [0.05, 0.1) is 0 Å². The van der Waals surface area contributed by atoms with Crippen LogP contribution in [0.4, 0.5) is 17.3 Å². The summed E-state index contributed by atoms with van der Waals surface area (Å²) in [6.07, 6.45) is 2.10. The third kappa shape index (κ3) is 3.03. The van der Waals surface area contributed by atoms with Crippen LogP contribution in [0.15, 0.2) is 36.7 Å². The van der Waals surface area contributed by atoms with E-state index in [-0.39, 0.29) is 5.82 Å². The number of rotatable bonds is 6. The van der Waals surface area contributed by atoms with Gasteiger partial charge in [0.1, 0.15) is 12.0 Å². The van der Waals surface area contributed by atoms with Crippen LogP contribution in [0.2, 0.25) is 0 Å². The van der Waals surface area contributed by atoms with E-state index in [1.807, 2.05) is 37.3 Å². The molecule has 0 aliphatic rings. The van der Waals surface area contributed by atoms with Crippen LogP contribution in [0.1, 0.15) is 12.5 Å². The Morgan fingerprint density at radius 2 is 2.05 bits per heavy atom. The van der Waals surface area contributed by atoms with Gasteiger partial charge in [0.15, 0.2) is 11.6 Å². The van der Waals surface area contributed by atoms with E-state index in [0.717, 1.165) is 12.0 Å². The first-order chi connectivity index (χ1) is 9.76. The van der Waals surface area contributed by atoms with Crippen LogP contribution in [0.3, 0.4) is 0 Å². The van der Waals surface area contributed by atoms with Gasteiger partial charge in [-0.05, 0) is 12.5 Å². The summed E-state index contributed by atoms with van der Waals surface area (Å²) >= 11 is 0. The summed E-state index contributed by atoms with van der Waals surface area (Å²) in [7, 11) is 0. The average molecular weight is 271 g/mol. The largest absolute Gasteiger partial charge is 0.382 e. The number of carbonyl (C=O) groups excluding carboxylic acids is 1. The summed E-state index contributed by atoms with van der Waals surface area (Å²) in [4.78, 5) is 20.7. The zero-order chi connectivity index (χ0) is 14.4. The normalized spacial score (nSPS) is 10.1. The maximum Gasteiger partial charge on any atom is 0.214 e. The number of nitrogens with two attached hydrogens (primary N) is 1. The second-order valence-electron chi connectivity index (χ2n) is 4.19. The minimum atomic E-state index is 0.282. The van der Waals surface area contributed by atoms with E-state index in [1.165, 1.54) is 11.2 Å². The molecule has 20 heavy (non-hydrogen) atoms. The third-order valence-electron chi connectivity index (χ3n) is 2.91. The minimum absolute atomic E-state index is 0.282.